The maximum atomic E-state index is 13.6. The molecule has 2 fully saturated rings. The number of hydrogen-bond donors (Lipinski definition) is 0. The van der Waals surface area contributed by atoms with Gasteiger partial charge in [0.1, 0.15) is 0 Å². The lowest BCUT2D eigenvalue weighted by Gasteiger charge is -2.42. The van der Waals surface area contributed by atoms with Gasteiger partial charge in [0.05, 0.1) is 24.3 Å². The normalized spacial score (nSPS) is 23.5. The molecule has 0 N–H and O–H groups in total. The van der Waals surface area contributed by atoms with E-state index in [9.17, 15) is 8.42 Å². The van der Waals surface area contributed by atoms with Crippen LogP contribution in [0.5, 0.6) is 0 Å². The first kappa shape index (κ1) is 24.3. The second-order valence-corrected chi connectivity index (χ2v) is 12.2. The van der Waals surface area contributed by atoms with Gasteiger partial charge in [-0.25, -0.2) is 17.4 Å². The quantitative estimate of drug-likeness (QED) is 0.388. The Labute approximate surface area is 217 Å². The smallest absolute Gasteiger partial charge is 0.269 e. The van der Waals surface area contributed by atoms with Crippen LogP contribution < -0.4 is 0 Å². The van der Waals surface area contributed by atoms with Crippen LogP contribution in [0.3, 0.4) is 0 Å². The summed E-state index contributed by atoms with van der Waals surface area (Å²) in [7, 11) is -1.94. The van der Waals surface area contributed by atoms with Crippen molar-refractivity contribution in [3.63, 3.8) is 0 Å². The highest BCUT2D eigenvalue weighted by Crippen LogP contribution is 2.39. The average Bonchev–Trinajstić information content (AvgIpc) is 3.53. The molecule has 0 amide bonds. The van der Waals surface area contributed by atoms with E-state index < -0.39 is 10.0 Å². The van der Waals surface area contributed by atoms with Gasteiger partial charge in [-0.15, -0.1) is 0 Å². The summed E-state index contributed by atoms with van der Waals surface area (Å²) in [6.07, 6.45) is 11.8. The predicted molar refractivity (Wildman–Crippen MR) is 143 cm³/mol. The molecular formula is C28H33N5O3S. The number of rotatable bonds is 5. The summed E-state index contributed by atoms with van der Waals surface area (Å²) >= 11 is 0. The number of morpholine rings is 1. The van der Waals surface area contributed by atoms with Crippen molar-refractivity contribution in [2.24, 2.45) is 7.05 Å². The molecule has 1 atom stereocenters. The Morgan fingerprint density at radius 2 is 1.81 bits per heavy atom. The Hall–Kier alpha value is -3.01. The van der Waals surface area contributed by atoms with Crippen LogP contribution in [0.4, 0.5) is 0 Å². The number of aromatic nitrogens is 4. The van der Waals surface area contributed by atoms with Gasteiger partial charge in [-0.05, 0) is 62.3 Å². The predicted octanol–water partition coefficient (Wildman–Crippen LogP) is 4.42. The van der Waals surface area contributed by atoms with Crippen LogP contribution in [0.15, 0.2) is 66.1 Å². The standard InChI is InChI=1S/C28H33N5O3S/c1-20-19-36-13-12-32(20)24-10-8-21(9-11-24)22-14-26-27(23-16-30-31(2)17-23)18-33(28(26)29-15-22)37(34,35)25-6-4-3-5-7-25/h3-7,14-18,20-21,24H,8-13,19H2,1-2H3. The van der Waals surface area contributed by atoms with Crippen LogP contribution >= 0.6 is 0 Å². The number of hydrogen-bond acceptors (Lipinski definition) is 6. The first-order valence-electron chi connectivity index (χ1n) is 13.1. The van der Waals surface area contributed by atoms with Gasteiger partial charge < -0.3 is 4.74 Å². The summed E-state index contributed by atoms with van der Waals surface area (Å²) < 4.78 is 35.9. The maximum Gasteiger partial charge on any atom is 0.269 e. The third-order valence-electron chi connectivity index (χ3n) is 8.01. The molecule has 0 radical (unpaired) electrons. The topological polar surface area (TPSA) is 82.2 Å². The lowest BCUT2D eigenvalue weighted by molar-refractivity contribution is -0.0301. The minimum absolute atomic E-state index is 0.242. The third kappa shape index (κ3) is 4.49. The summed E-state index contributed by atoms with van der Waals surface area (Å²) in [5.74, 6) is 0.417. The molecule has 9 heteroatoms. The highest BCUT2D eigenvalue weighted by atomic mass is 32.2. The van der Waals surface area contributed by atoms with Crippen molar-refractivity contribution in [1.82, 2.24) is 23.6 Å². The van der Waals surface area contributed by atoms with Crippen molar-refractivity contribution in [3.05, 3.63) is 66.7 Å². The molecule has 37 heavy (non-hydrogen) atoms. The zero-order valence-corrected chi connectivity index (χ0v) is 22.1. The Balaban J connectivity index is 1.35. The summed E-state index contributed by atoms with van der Waals surface area (Å²) in [5, 5.41) is 5.17. The number of ether oxygens (including phenoxy) is 1. The lowest BCUT2D eigenvalue weighted by Crippen LogP contribution is -2.50. The van der Waals surface area contributed by atoms with E-state index in [0.717, 1.165) is 62.0 Å². The molecule has 8 nitrogen and oxygen atoms in total. The largest absolute Gasteiger partial charge is 0.379 e. The van der Waals surface area contributed by atoms with Crippen LogP contribution in [0.1, 0.15) is 44.1 Å². The van der Waals surface area contributed by atoms with Gasteiger partial charge in [-0.1, -0.05) is 18.2 Å². The Kier molecular flexibility index (Phi) is 6.38. The molecule has 1 saturated carbocycles. The molecule has 6 rings (SSSR count). The molecule has 4 aromatic rings. The van der Waals surface area contributed by atoms with Crippen molar-refractivity contribution in [2.75, 3.05) is 19.8 Å². The second-order valence-electron chi connectivity index (χ2n) is 10.4. The fourth-order valence-electron chi connectivity index (χ4n) is 6.02. The molecule has 3 aromatic heterocycles. The first-order valence-corrected chi connectivity index (χ1v) is 14.5. The molecule has 0 spiro atoms. The van der Waals surface area contributed by atoms with Gasteiger partial charge in [0.15, 0.2) is 5.65 Å². The van der Waals surface area contributed by atoms with Crippen molar-refractivity contribution in [2.45, 2.75) is 55.5 Å². The molecule has 1 aliphatic heterocycles. The molecule has 1 unspecified atom stereocenters. The van der Waals surface area contributed by atoms with Crippen molar-refractivity contribution >= 4 is 21.1 Å². The van der Waals surface area contributed by atoms with E-state index in [1.165, 1.54) is 9.54 Å². The summed E-state index contributed by atoms with van der Waals surface area (Å²) in [6.45, 7) is 4.92. The summed E-state index contributed by atoms with van der Waals surface area (Å²) in [5.41, 5.74) is 3.33. The molecule has 1 aromatic carbocycles. The fourth-order valence-corrected chi connectivity index (χ4v) is 7.37. The van der Waals surface area contributed by atoms with Gasteiger partial charge >= 0.3 is 0 Å². The van der Waals surface area contributed by atoms with Crippen LogP contribution in [0, 0.1) is 0 Å². The van der Waals surface area contributed by atoms with E-state index in [2.05, 4.69) is 23.0 Å². The van der Waals surface area contributed by atoms with Gasteiger partial charge in [0.2, 0.25) is 0 Å². The number of aryl methyl sites for hydroxylation is 1. The van der Waals surface area contributed by atoms with Gasteiger partial charge in [0, 0.05) is 60.8 Å². The van der Waals surface area contributed by atoms with Crippen molar-refractivity contribution < 1.29 is 13.2 Å². The molecule has 1 saturated heterocycles. The maximum absolute atomic E-state index is 13.6. The lowest BCUT2D eigenvalue weighted by atomic mass is 9.81. The Morgan fingerprint density at radius 3 is 2.51 bits per heavy atom. The summed E-state index contributed by atoms with van der Waals surface area (Å²) in [4.78, 5) is 7.61. The second kappa shape index (κ2) is 9.70. The van der Waals surface area contributed by atoms with Gasteiger partial charge in [0.25, 0.3) is 10.0 Å². The van der Waals surface area contributed by atoms with Crippen LogP contribution in [-0.4, -0.2) is 63.9 Å². The monoisotopic (exact) mass is 519 g/mol. The highest BCUT2D eigenvalue weighted by molar-refractivity contribution is 7.90. The minimum Gasteiger partial charge on any atom is -0.379 e. The van der Waals surface area contributed by atoms with E-state index in [1.54, 1.807) is 41.3 Å². The molecule has 2 aliphatic rings. The molecule has 4 heterocycles. The highest BCUT2D eigenvalue weighted by Gasteiger charge is 2.31. The summed E-state index contributed by atoms with van der Waals surface area (Å²) in [6, 6.07) is 11.8. The Morgan fingerprint density at radius 1 is 1.03 bits per heavy atom. The number of fused-ring (bicyclic) bond motifs is 1. The minimum atomic E-state index is -3.80. The van der Waals surface area contributed by atoms with E-state index >= 15 is 0 Å². The Bertz CT molecular complexity index is 1500. The zero-order valence-electron chi connectivity index (χ0n) is 21.3. The average molecular weight is 520 g/mol. The van der Waals surface area contributed by atoms with Crippen molar-refractivity contribution in [3.8, 4) is 11.1 Å². The molecule has 1 aliphatic carbocycles. The van der Waals surface area contributed by atoms with Gasteiger partial charge in [-0.2, -0.15) is 5.10 Å². The number of pyridine rings is 1. The molecule has 194 valence electrons. The van der Waals surface area contributed by atoms with Crippen molar-refractivity contribution in [1.29, 1.82) is 0 Å². The fraction of sp³-hybridized carbons (Fsp3) is 0.429. The van der Waals surface area contributed by atoms with Gasteiger partial charge in [-0.3, -0.25) is 9.58 Å². The van der Waals surface area contributed by atoms with E-state index in [4.69, 9.17) is 9.72 Å². The molecule has 0 bridgehead atoms. The molecular weight excluding hydrogens is 486 g/mol. The first-order chi connectivity index (χ1) is 17.9. The van der Waals surface area contributed by atoms with E-state index in [1.807, 2.05) is 25.5 Å². The number of nitrogens with zero attached hydrogens (tertiary/aromatic N) is 5. The number of benzene rings is 1. The zero-order chi connectivity index (χ0) is 25.6. The van der Waals surface area contributed by atoms with Crippen LogP contribution in [0.25, 0.3) is 22.2 Å². The van der Waals surface area contributed by atoms with Crippen LogP contribution in [0.2, 0.25) is 0 Å². The van der Waals surface area contributed by atoms with Crippen LogP contribution in [-0.2, 0) is 21.8 Å². The SMILES string of the molecule is CC1COCCN1C1CCC(c2cnc3c(c2)c(-c2cnn(C)c2)cn3S(=O)(=O)c2ccccc2)CC1. The third-order valence-corrected chi connectivity index (χ3v) is 9.67. The van der Waals surface area contributed by atoms with E-state index in [-0.39, 0.29) is 4.90 Å². The van der Waals surface area contributed by atoms with E-state index in [0.29, 0.717) is 23.6 Å².